The lowest BCUT2D eigenvalue weighted by molar-refractivity contribution is -0.385. The first kappa shape index (κ1) is 49.6. The van der Waals surface area contributed by atoms with Crippen molar-refractivity contribution < 1.29 is 50.1 Å². The highest BCUT2D eigenvalue weighted by Crippen LogP contribution is 2.51. The van der Waals surface area contributed by atoms with E-state index in [-0.39, 0.29) is 43.6 Å². The molecule has 2 aliphatic heterocycles. The molecule has 1 aliphatic carbocycles. The van der Waals surface area contributed by atoms with Gasteiger partial charge in [0.15, 0.2) is 13.1 Å². The molecular weight excluding hydrogens is 905 g/mol. The summed E-state index contributed by atoms with van der Waals surface area (Å²) in [6, 6.07) is 24.0. The van der Waals surface area contributed by atoms with Gasteiger partial charge in [-0.05, 0) is 98.0 Å². The quantitative estimate of drug-likeness (QED) is 0.0287. The molecule has 3 aromatic carbocycles. The summed E-state index contributed by atoms with van der Waals surface area (Å²) in [7, 11) is -9.43. The Morgan fingerprint density at radius 1 is 0.806 bits per heavy atom. The van der Waals surface area contributed by atoms with Crippen molar-refractivity contribution in [3.8, 4) is 11.3 Å². The van der Waals surface area contributed by atoms with E-state index in [0.717, 1.165) is 27.6 Å². The third kappa shape index (κ3) is 12.4. The third-order valence-corrected chi connectivity index (χ3v) is 13.1. The lowest BCUT2D eigenvalue weighted by Gasteiger charge is -2.30. The van der Waals surface area contributed by atoms with Crippen LogP contribution in [0.15, 0.2) is 130 Å². The summed E-state index contributed by atoms with van der Waals surface area (Å²) in [5, 5.41) is 32.9. The van der Waals surface area contributed by atoms with Gasteiger partial charge < -0.3 is 23.5 Å². The normalized spacial score (nSPS) is 16.0. The Hall–Kier alpha value is -6.80. The van der Waals surface area contributed by atoms with Crippen LogP contribution in [0.5, 0.6) is 0 Å². The van der Waals surface area contributed by atoms with Crippen LogP contribution in [-0.4, -0.2) is 59.2 Å². The Balaban J connectivity index is 1.41. The topological polar surface area (TPSA) is 257 Å². The first-order valence-corrected chi connectivity index (χ1v) is 24.1. The zero-order valence-electron chi connectivity index (χ0n) is 37.2. The van der Waals surface area contributed by atoms with Gasteiger partial charge in [-0.3, -0.25) is 25.0 Å². The van der Waals surface area contributed by atoms with Crippen LogP contribution in [0.25, 0.3) is 17.4 Å². The molecule has 1 unspecified atom stereocenters. The lowest BCUT2D eigenvalue weighted by Crippen LogP contribution is -2.30. The van der Waals surface area contributed by atoms with Gasteiger partial charge in [-0.1, -0.05) is 45.1 Å². The van der Waals surface area contributed by atoms with Gasteiger partial charge in [0.25, 0.3) is 11.4 Å². The van der Waals surface area contributed by atoms with Gasteiger partial charge in [0.05, 0.1) is 30.9 Å². The van der Waals surface area contributed by atoms with E-state index in [9.17, 15) is 56.1 Å². The number of nitro groups is 2. The van der Waals surface area contributed by atoms with Crippen LogP contribution < -0.4 is 14.8 Å². The fourth-order valence-electron chi connectivity index (χ4n) is 8.08. The Kier molecular flexibility index (Phi) is 14.8. The molecule has 67 heavy (non-hydrogen) atoms. The van der Waals surface area contributed by atoms with Gasteiger partial charge in [-0.15, -0.1) is 0 Å². The van der Waals surface area contributed by atoms with E-state index in [2.05, 4.69) is 0 Å². The lowest BCUT2D eigenvalue weighted by atomic mass is 9.77. The highest BCUT2D eigenvalue weighted by atomic mass is 32.2. The number of hydrogen-bond acceptors (Lipinski definition) is 13. The van der Waals surface area contributed by atoms with Crippen molar-refractivity contribution in [2.24, 2.45) is 0 Å². The molecule has 352 valence electrons. The number of aliphatic carboxylic acids is 1. The van der Waals surface area contributed by atoms with Gasteiger partial charge in [0.1, 0.15) is 21.6 Å². The average Bonchev–Trinajstić information content (AvgIpc) is 3.47. The van der Waals surface area contributed by atoms with Crippen LogP contribution in [0, 0.1) is 20.2 Å². The zero-order chi connectivity index (χ0) is 48.9. The van der Waals surface area contributed by atoms with Crippen molar-refractivity contribution in [1.82, 2.24) is 4.58 Å². The van der Waals surface area contributed by atoms with Gasteiger partial charge in [0, 0.05) is 88.0 Å². The second-order valence-corrected chi connectivity index (χ2v) is 20.4. The summed E-state index contributed by atoms with van der Waals surface area (Å²) in [5.74, 6) is -0.444. The van der Waals surface area contributed by atoms with Crippen LogP contribution in [0.2, 0.25) is 0 Å². The predicted molar refractivity (Wildman–Crippen MR) is 249 cm³/mol. The SMILES string of the molecule is CC(C)(C)c1cc(/C=C/C=C/C=C2/N(CCCS(=O)(=O)[O-])c3ccc(S(=O)(=O)[O-])cc3C2(C)CCCC(=O)O)c2ccc(=[N+](Cc3ccc([N+](=O)[O-])cc3)Cc3ccc([N+](=O)[O-])cc3)cc-2o1. The predicted octanol–water partition coefficient (Wildman–Crippen LogP) is 8.00. The fraction of sp³-hybridized carbons (Fsp3) is 0.292. The highest BCUT2D eigenvalue weighted by Gasteiger charge is 2.43. The Morgan fingerprint density at radius 2 is 1.42 bits per heavy atom. The number of benzene rings is 4. The Labute approximate surface area is 387 Å². The largest absolute Gasteiger partial charge is 0.748 e. The second-order valence-electron chi connectivity index (χ2n) is 17.5. The molecule has 0 bridgehead atoms. The highest BCUT2D eigenvalue weighted by molar-refractivity contribution is 7.86. The van der Waals surface area contributed by atoms with E-state index in [1.165, 1.54) is 42.5 Å². The minimum Gasteiger partial charge on any atom is -0.748 e. The summed E-state index contributed by atoms with van der Waals surface area (Å²) in [4.78, 5) is 34.6. The van der Waals surface area contributed by atoms with E-state index in [1.807, 2.05) is 61.8 Å². The molecule has 2 heterocycles. The summed E-state index contributed by atoms with van der Waals surface area (Å²) >= 11 is 0. The molecule has 1 N–H and O–H groups in total. The first-order chi connectivity index (χ1) is 31.4. The number of nitrogens with zero attached hydrogens (tertiary/aromatic N) is 4. The summed E-state index contributed by atoms with van der Waals surface area (Å²) in [6.07, 6.45) is 9.15. The van der Waals surface area contributed by atoms with Crippen molar-refractivity contribution in [2.45, 2.75) is 82.2 Å². The summed E-state index contributed by atoms with van der Waals surface area (Å²) in [5.41, 5.74) is 3.16. The molecule has 1 atom stereocenters. The minimum atomic E-state index is -4.87. The fourth-order valence-corrected chi connectivity index (χ4v) is 9.06. The number of carbonyl (C=O) groups is 1. The molecule has 6 rings (SSSR count). The van der Waals surface area contributed by atoms with Crippen molar-refractivity contribution >= 4 is 49.3 Å². The van der Waals surface area contributed by atoms with Gasteiger partial charge >= 0.3 is 5.97 Å². The van der Waals surface area contributed by atoms with E-state index in [0.29, 0.717) is 41.6 Å². The molecule has 0 fully saturated rings. The number of carboxylic acids is 1. The molecule has 3 aromatic rings. The van der Waals surface area contributed by atoms with E-state index in [1.54, 1.807) is 54.3 Å². The van der Waals surface area contributed by atoms with Crippen LogP contribution in [0.3, 0.4) is 0 Å². The molecule has 3 aliphatic rings. The standard InChI is InChI=1S/C48H50N4O13S2/c1-47(2,3)45-28-35(40-23-21-38(29-43(40)65-45)49(31-33-13-17-36(18-14-33)51(55)56)32-34-15-19-37(20-16-34)52(57)58)10-6-5-7-11-44-48(4,25-8-12-46(53)54)41-30-39(67(62,63)64)22-24-42(41)50(44)26-9-27-66(59,60)61/h5-7,10-11,13-24,28-30H,8-9,12,25-27,31-32H2,1-4H3,(H2-,53,54,59,60,61,62,63,64)/p-1. The minimum absolute atomic E-state index is 0.0453. The van der Waals surface area contributed by atoms with Crippen molar-refractivity contribution in [3.63, 3.8) is 0 Å². The molecule has 0 spiro atoms. The van der Waals surface area contributed by atoms with E-state index in [4.69, 9.17) is 4.42 Å². The smallest absolute Gasteiger partial charge is 0.303 e. The Morgan fingerprint density at radius 3 is 1.96 bits per heavy atom. The summed E-state index contributed by atoms with van der Waals surface area (Å²) in [6.45, 7) is 8.56. The molecule has 0 amide bonds. The summed E-state index contributed by atoms with van der Waals surface area (Å²) < 4.78 is 79.6. The van der Waals surface area contributed by atoms with Crippen LogP contribution in [-0.2, 0) is 49.0 Å². The number of allylic oxidation sites excluding steroid dienone is 5. The first-order valence-electron chi connectivity index (χ1n) is 21.1. The van der Waals surface area contributed by atoms with Crippen LogP contribution >= 0.6 is 0 Å². The van der Waals surface area contributed by atoms with Crippen LogP contribution in [0.1, 0.15) is 81.4 Å². The van der Waals surface area contributed by atoms with Gasteiger partial charge in [-0.2, -0.15) is 0 Å². The second kappa shape index (κ2) is 20.0. The molecule has 0 saturated heterocycles. The van der Waals surface area contributed by atoms with Crippen LogP contribution in [0.4, 0.5) is 17.1 Å². The molecule has 17 nitrogen and oxygen atoms in total. The number of rotatable bonds is 18. The molecule has 0 aromatic heterocycles. The molecule has 0 saturated carbocycles. The van der Waals surface area contributed by atoms with Gasteiger partial charge in [0.2, 0.25) is 5.36 Å². The van der Waals surface area contributed by atoms with Crippen molar-refractivity contribution in [3.05, 3.63) is 175 Å². The van der Waals surface area contributed by atoms with Gasteiger partial charge in [-0.25, -0.2) is 21.4 Å². The van der Waals surface area contributed by atoms with Crippen molar-refractivity contribution in [1.29, 1.82) is 0 Å². The Bertz CT molecular complexity index is 3000. The third-order valence-electron chi connectivity index (χ3n) is 11.5. The molecule has 0 radical (unpaired) electrons. The average molecular weight is 954 g/mol. The van der Waals surface area contributed by atoms with E-state index < -0.39 is 57.5 Å². The van der Waals surface area contributed by atoms with Crippen molar-refractivity contribution in [2.75, 3.05) is 17.2 Å². The number of nitro benzene ring substituents is 2. The van der Waals surface area contributed by atoms with E-state index >= 15 is 0 Å². The zero-order valence-corrected chi connectivity index (χ0v) is 38.8. The number of anilines is 1. The molecular formula is C48H49N4O13S2-. The number of carboxylic acid groups (broad SMARTS) is 1. The number of fused-ring (bicyclic) bond motifs is 2. The maximum absolute atomic E-state index is 12.1. The number of non-ortho nitro benzene ring substituents is 2. The maximum atomic E-state index is 12.1. The number of hydrogen-bond donors (Lipinski definition) is 1. The molecule has 19 heteroatoms. The maximum Gasteiger partial charge on any atom is 0.303 e. The monoisotopic (exact) mass is 953 g/mol.